The molecule has 4 aromatic carbocycles. The Morgan fingerprint density at radius 1 is 0.565 bits per heavy atom. The highest BCUT2D eigenvalue weighted by atomic mass is 16.3. The molecule has 0 aliphatic rings. The molecule has 0 saturated carbocycles. The highest BCUT2D eigenvalue weighted by molar-refractivity contribution is 6.15. The molecule has 23 heavy (non-hydrogen) atoms. The van der Waals surface area contributed by atoms with Crippen molar-refractivity contribution in [2.45, 2.75) is 0 Å². The predicted octanol–water partition coefficient (Wildman–Crippen LogP) is 6.41. The van der Waals surface area contributed by atoms with Gasteiger partial charge >= 0.3 is 0 Å². The summed E-state index contributed by atoms with van der Waals surface area (Å²) in [4.78, 5) is 0. The van der Waals surface area contributed by atoms with E-state index in [4.69, 9.17) is 4.42 Å². The van der Waals surface area contributed by atoms with Gasteiger partial charge in [0, 0.05) is 10.8 Å². The molecule has 5 aromatic rings. The summed E-state index contributed by atoms with van der Waals surface area (Å²) in [5, 5.41) is 4.82. The maximum absolute atomic E-state index is 6.12. The molecule has 1 nitrogen and oxygen atoms in total. The summed E-state index contributed by atoms with van der Waals surface area (Å²) in [5.74, 6) is 0. The summed E-state index contributed by atoms with van der Waals surface area (Å²) in [7, 11) is 0. The minimum absolute atomic E-state index is 0.941. The third-order valence-electron chi connectivity index (χ3n) is 4.45. The van der Waals surface area contributed by atoms with E-state index in [-0.39, 0.29) is 0 Å². The number of rotatable bonds is 1. The van der Waals surface area contributed by atoms with Crippen LogP contribution in [0.4, 0.5) is 0 Å². The van der Waals surface area contributed by atoms with E-state index >= 15 is 0 Å². The van der Waals surface area contributed by atoms with E-state index < -0.39 is 0 Å². The summed E-state index contributed by atoms with van der Waals surface area (Å²) in [6.07, 6.45) is 0. The summed E-state index contributed by atoms with van der Waals surface area (Å²) in [6.45, 7) is 0. The van der Waals surface area contributed by atoms with Gasteiger partial charge in [-0.15, -0.1) is 0 Å². The molecule has 1 aromatic heterocycles. The second kappa shape index (κ2) is 4.72. The number of benzene rings is 4. The Bertz CT molecular complexity index is 1150. The van der Waals surface area contributed by atoms with Crippen molar-refractivity contribution in [2.24, 2.45) is 0 Å². The first-order valence-electron chi connectivity index (χ1n) is 7.79. The third kappa shape index (κ3) is 1.87. The number of fused-ring (bicyclic) bond motifs is 4. The Morgan fingerprint density at radius 3 is 2.13 bits per heavy atom. The minimum atomic E-state index is 0.941. The lowest BCUT2D eigenvalue weighted by molar-refractivity contribution is 0.669. The number of hydrogen-bond donors (Lipinski definition) is 0. The van der Waals surface area contributed by atoms with Crippen LogP contribution in [-0.4, -0.2) is 0 Å². The Labute approximate surface area is 133 Å². The third-order valence-corrected chi connectivity index (χ3v) is 4.45. The number of hydrogen-bond acceptors (Lipinski definition) is 1. The zero-order valence-corrected chi connectivity index (χ0v) is 12.5. The summed E-state index contributed by atoms with van der Waals surface area (Å²) in [5.41, 5.74) is 4.32. The van der Waals surface area contributed by atoms with Gasteiger partial charge in [-0.05, 0) is 40.1 Å². The van der Waals surface area contributed by atoms with Crippen LogP contribution in [0.25, 0.3) is 43.8 Å². The van der Waals surface area contributed by atoms with Crippen molar-refractivity contribution >= 4 is 32.7 Å². The fraction of sp³-hybridized carbons (Fsp3) is 0. The zero-order valence-electron chi connectivity index (χ0n) is 12.5. The van der Waals surface area contributed by atoms with Crippen molar-refractivity contribution < 1.29 is 4.42 Å². The van der Waals surface area contributed by atoms with Crippen molar-refractivity contribution in [2.75, 3.05) is 0 Å². The lowest BCUT2D eigenvalue weighted by Crippen LogP contribution is -1.79. The number of furan rings is 1. The van der Waals surface area contributed by atoms with Gasteiger partial charge in [0.2, 0.25) is 0 Å². The van der Waals surface area contributed by atoms with Gasteiger partial charge in [-0.2, -0.15) is 0 Å². The molecule has 0 aliphatic heterocycles. The van der Waals surface area contributed by atoms with Crippen LogP contribution in [0.5, 0.6) is 0 Å². The van der Waals surface area contributed by atoms with Gasteiger partial charge in [0.15, 0.2) is 0 Å². The molecule has 0 bridgehead atoms. The van der Waals surface area contributed by atoms with Gasteiger partial charge in [0.25, 0.3) is 0 Å². The van der Waals surface area contributed by atoms with E-state index in [0.29, 0.717) is 0 Å². The quantitative estimate of drug-likeness (QED) is 0.348. The molecule has 108 valence electrons. The SMILES string of the molecule is c1ccc(-c2cccc3oc4cc5ccccc5cc4c23)cc1. The average Bonchev–Trinajstić information content (AvgIpc) is 2.98. The Kier molecular flexibility index (Phi) is 2.56. The van der Waals surface area contributed by atoms with Crippen LogP contribution in [-0.2, 0) is 0 Å². The second-order valence-corrected chi connectivity index (χ2v) is 5.84. The molecule has 5 rings (SSSR count). The lowest BCUT2D eigenvalue weighted by atomic mass is 9.98. The average molecular weight is 294 g/mol. The molecule has 0 spiro atoms. The van der Waals surface area contributed by atoms with Crippen LogP contribution in [0.1, 0.15) is 0 Å². The monoisotopic (exact) mass is 294 g/mol. The molecule has 0 atom stereocenters. The van der Waals surface area contributed by atoms with E-state index in [1.54, 1.807) is 0 Å². The molecular weight excluding hydrogens is 280 g/mol. The van der Waals surface area contributed by atoms with Crippen molar-refractivity contribution in [1.82, 2.24) is 0 Å². The van der Waals surface area contributed by atoms with E-state index in [0.717, 1.165) is 11.2 Å². The van der Waals surface area contributed by atoms with Gasteiger partial charge < -0.3 is 4.42 Å². The van der Waals surface area contributed by atoms with E-state index in [1.165, 1.54) is 32.7 Å². The van der Waals surface area contributed by atoms with Crippen molar-refractivity contribution in [1.29, 1.82) is 0 Å². The fourth-order valence-corrected chi connectivity index (χ4v) is 3.37. The van der Waals surface area contributed by atoms with Gasteiger partial charge in [0.1, 0.15) is 11.2 Å². The van der Waals surface area contributed by atoms with Gasteiger partial charge in [-0.25, -0.2) is 0 Å². The topological polar surface area (TPSA) is 13.1 Å². The maximum atomic E-state index is 6.12. The molecule has 0 fully saturated rings. The highest BCUT2D eigenvalue weighted by Gasteiger charge is 2.12. The molecule has 0 radical (unpaired) electrons. The van der Waals surface area contributed by atoms with Crippen molar-refractivity contribution in [3.63, 3.8) is 0 Å². The molecule has 0 saturated heterocycles. The largest absolute Gasteiger partial charge is 0.456 e. The van der Waals surface area contributed by atoms with Crippen LogP contribution in [0.15, 0.2) is 89.3 Å². The van der Waals surface area contributed by atoms with E-state index in [9.17, 15) is 0 Å². The van der Waals surface area contributed by atoms with Crippen LogP contribution >= 0.6 is 0 Å². The predicted molar refractivity (Wildman–Crippen MR) is 96.7 cm³/mol. The summed E-state index contributed by atoms with van der Waals surface area (Å²) in [6, 6.07) is 29.6. The molecule has 1 heteroatoms. The molecule has 0 unspecified atom stereocenters. The first-order chi connectivity index (χ1) is 11.4. The first-order valence-corrected chi connectivity index (χ1v) is 7.79. The van der Waals surface area contributed by atoms with Crippen molar-refractivity contribution in [3.8, 4) is 11.1 Å². The standard InChI is InChI=1S/C22H14O/c1-2-7-15(8-3-1)18-11-6-12-20-22(18)19-13-16-9-4-5-10-17(16)14-21(19)23-20/h1-14H. The first kappa shape index (κ1) is 12.5. The Hall–Kier alpha value is -3.06. The highest BCUT2D eigenvalue weighted by Crippen LogP contribution is 2.38. The molecule has 0 amide bonds. The Morgan fingerprint density at radius 2 is 1.30 bits per heavy atom. The minimum Gasteiger partial charge on any atom is -0.456 e. The molecular formula is C22H14O. The van der Waals surface area contributed by atoms with E-state index in [2.05, 4.69) is 72.8 Å². The lowest BCUT2D eigenvalue weighted by Gasteiger charge is -2.03. The fourth-order valence-electron chi connectivity index (χ4n) is 3.37. The summed E-state index contributed by atoms with van der Waals surface area (Å²) < 4.78 is 6.12. The normalized spacial score (nSPS) is 11.5. The summed E-state index contributed by atoms with van der Waals surface area (Å²) >= 11 is 0. The molecule has 0 N–H and O–H groups in total. The van der Waals surface area contributed by atoms with Crippen LogP contribution < -0.4 is 0 Å². The smallest absolute Gasteiger partial charge is 0.136 e. The van der Waals surface area contributed by atoms with Crippen LogP contribution in [0, 0.1) is 0 Å². The van der Waals surface area contributed by atoms with Gasteiger partial charge in [-0.1, -0.05) is 66.7 Å². The van der Waals surface area contributed by atoms with Crippen molar-refractivity contribution in [3.05, 3.63) is 84.9 Å². The van der Waals surface area contributed by atoms with Gasteiger partial charge in [0.05, 0.1) is 0 Å². The molecule has 1 heterocycles. The second-order valence-electron chi connectivity index (χ2n) is 5.84. The van der Waals surface area contributed by atoms with Crippen LogP contribution in [0.3, 0.4) is 0 Å². The maximum Gasteiger partial charge on any atom is 0.136 e. The van der Waals surface area contributed by atoms with E-state index in [1.807, 2.05) is 12.1 Å². The Balaban J connectivity index is 1.95. The zero-order chi connectivity index (χ0) is 15.2. The van der Waals surface area contributed by atoms with Crippen LogP contribution in [0.2, 0.25) is 0 Å². The van der Waals surface area contributed by atoms with Gasteiger partial charge in [-0.3, -0.25) is 0 Å². The molecule has 0 aliphatic carbocycles.